The van der Waals surface area contributed by atoms with Crippen LogP contribution in [0, 0.1) is 0 Å². The van der Waals surface area contributed by atoms with Crippen molar-refractivity contribution < 1.29 is 13.2 Å². The number of anilines is 1. The molecule has 0 aromatic heterocycles. The number of rotatable bonds is 5. The van der Waals surface area contributed by atoms with E-state index in [4.69, 9.17) is 0 Å². The standard InChI is InChI=1S/C18H20N2O3S2/c1-24-16-9-7-15(8-10-16)19-18(21)14-5-4-6-17(13-14)25(22,23)20-11-2-3-12-20/h4-10,13H,2-3,11-12H2,1H3,(H,19,21). The Morgan fingerprint density at radius 3 is 2.40 bits per heavy atom. The first-order valence-electron chi connectivity index (χ1n) is 8.06. The molecule has 7 heteroatoms. The topological polar surface area (TPSA) is 66.5 Å². The van der Waals surface area contributed by atoms with Gasteiger partial charge in [0.1, 0.15) is 0 Å². The van der Waals surface area contributed by atoms with Crippen molar-refractivity contribution >= 4 is 33.4 Å². The Kier molecular flexibility index (Phi) is 5.46. The number of carbonyl (C=O) groups is 1. The highest BCUT2D eigenvalue weighted by Crippen LogP contribution is 2.22. The number of amides is 1. The summed E-state index contributed by atoms with van der Waals surface area (Å²) in [4.78, 5) is 13.7. The number of benzene rings is 2. The zero-order valence-corrected chi connectivity index (χ0v) is 15.6. The highest BCUT2D eigenvalue weighted by atomic mass is 32.2. The quantitative estimate of drug-likeness (QED) is 0.812. The average molecular weight is 377 g/mol. The Morgan fingerprint density at radius 1 is 1.08 bits per heavy atom. The molecule has 2 aromatic carbocycles. The van der Waals surface area contributed by atoms with E-state index < -0.39 is 10.0 Å². The normalized spacial score (nSPS) is 15.2. The van der Waals surface area contributed by atoms with Crippen LogP contribution in [0.25, 0.3) is 0 Å². The third kappa shape index (κ3) is 4.05. The molecule has 2 aromatic rings. The SMILES string of the molecule is CSc1ccc(NC(=O)c2cccc(S(=O)(=O)N3CCCC3)c2)cc1. The minimum Gasteiger partial charge on any atom is -0.322 e. The summed E-state index contributed by atoms with van der Waals surface area (Å²) in [5.41, 5.74) is 1.00. The van der Waals surface area contributed by atoms with E-state index in [9.17, 15) is 13.2 Å². The van der Waals surface area contributed by atoms with Gasteiger partial charge in [-0.25, -0.2) is 8.42 Å². The summed E-state index contributed by atoms with van der Waals surface area (Å²) in [5.74, 6) is -0.324. The number of hydrogen-bond donors (Lipinski definition) is 1. The predicted octanol–water partition coefficient (Wildman–Crippen LogP) is 3.45. The molecule has 25 heavy (non-hydrogen) atoms. The van der Waals surface area contributed by atoms with Crippen LogP contribution < -0.4 is 5.32 Å². The first kappa shape index (κ1) is 18.0. The van der Waals surface area contributed by atoms with Gasteiger partial charge >= 0.3 is 0 Å². The average Bonchev–Trinajstić information content (AvgIpc) is 3.18. The van der Waals surface area contributed by atoms with Crippen molar-refractivity contribution in [3.8, 4) is 0 Å². The Bertz CT molecular complexity index is 858. The molecule has 0 spiro atoms. The predicted molar refractivity (Wildman–Crippen MR) is 101 cm³/mol. The Labute approximate surface area is 152 Å². The van der Waals surface area contributed by atoms with Gasteiger partial charge in [-0.05, 0) is 61.6 Å². The molecule has 0 atom stereocenters. The van der Waals surface area contributed by atoms with Gasteiger partial charge in [0.05, 0.1) is 4.90 Å². The van der Waals surface area contributed by atoms with E-state index in [0.29, 0.717) is 24.3 Å². The van der Waals surface area contributed by atoms with Crippen molar-refractivity contribution in [1.29, 1.82) is 0 Å². The maximum absolute atomic E-state index is 12.6. The monoisotopic (exact) mass is 376 g/mol. The highest BCUT2D eigenvalue weighted by molar-refractivity contribution is 7.98. The van der Waals surface area contributed by atoms with Gasteiger partial charge < -0.3 is 5.32 Å². The maximum atomic E-state index is 12.6. The lowest BCUT2D eigenvalue weighted by Crippen LogP contribution is -2.28. The van der Waals surface area contributed by atoms with Gasteiger partial charge in [-0.3, -0.25) is 4.79 Å². The van der Waals surface area contributed by atoms with Gasteiger partial charge in [0, 0.05) is 29.2 Å². The second-order valence-electron chi connectivity index (χ2n) is 5.82. The van der Waals surface area contributed by atoms with E-state index in [1.807, 2.05) is 30.5 Å². The number of carbonyl (C=O) groups excluding carboxylic acids is 1. The maximum Gasteiger partial charge on any atom is 0.255 e. The van der Waals surface area contributed by atoms with Gasteiger partial charge in [0.25, 0.3) is 5.91 Å². The second kappa shape index (κ2) is 7.59. The number of nitrogens with one attached hydrogen (secondary N) is 1. The van der Waals surface area contributed by atoms with Gasteiger partial charge in [0.15, 0.2) is 0 Å². The fourth-order valence-electron chi connectivity index (χ4n) is 2.75. The summed E-state index contributed by atoms with van der Waals surface area (Å²) < 4.78 is 26.7. The lowest BCUT2D eigenvalue weighted by Gasteiger charge is -2.16. The molecular weight excluding hydrogens is 356 g/mol. The van der Waals surface area contributed by atoms with E-state index in [0.717, 1.165) is 17.7 Å². The van der Waals surface area contributed by atoms with Crippen LogP contribution in [0.1, 0.15) is 23.2 Å². The minimum absolute atomic E-state index is 0.166. The van der Waals surface area contributed by atoms with Crippen molar-refractivity contribution in [1.82, 2.24) is 4.31 Å². The van der Waals surface area contributed by atoms with Crippen LogP contribution in [0.15, 0.2) is 58.3 Å². The van der Waals surface area contributed by atoms with Crippen LogP contribution in [0.3, 0.4) is 0 Å². The highest BCUT2D eigenvalue weighted by Gasteiger charge is 2.27. The number of hydrogen-bond acceptors (Lipinski definition) is 4. The summed E-state index contributed by atoms with van der Waals surface area (Å²) in [6, 6.07) is 13.7. The molecule has 0 unspecified atom stereocenters. The van der Waals surface area contributed by atoms with Crippen LogP contribution in [-0.4, -0.2) is 38.0 Å². The molecule has 0 aliphatic carbocycles. The third-order valence-corrected chi connectivity index (χ3v) is 6.79. The Morgan fingerprint density at radius 2 is 1.76 bits per heavy atom. The molecule has 1 N–H and O–H groups in total. The third-order valence-electron chi connectivity index (χ3n) is 4.15. The second-order valence-corrected chi connectivity index (χ2v) is 8.64. The van der Waals surface area contributed by atoms with E-state index in [1.54, 1.807) is 23.9 Å². The summed E-state index contributed by atoms with van der Waals surface area (Å²) in [5, 5.41) is 2.80. The molecule has 5 nitrogen and oxygen atoms in total. The molecular formula is C18H20N2O3S2. The van der Waals surface area contributed by atoms with Crippen molar-refractivity contribution in [2.45, 2.75) is 22.6 Å². The molecule has 0 bridgehead atoms. The van der Waals surface area contributed by atoms with Crippen LogP contribution >= 0.6 is 11.8 Å². The van der Waals surface area contributed by atoms with E-state index in [1.165, 1.54) is 16.4 Å². The van der Waals surface area contributed by atoms with Gasteiger partial charge in [-0.1, -0.05) is 6.07 Å². The van der Waals surface area contributed by atoms with Crippen molar-refractivity contribution in [3.63, 3.8) is 0 Å². The van der Waals surface area contributed by atoms with Crippen LogP contribution in [0.2, 0.25) is 0 Å². The Balaban J connectivity index is 1.79. The molecule has 1 fully saturated rings. The molecule has 1 saturated heterocycles. The van der Waals surface area contributed by atoms with Crippen LogP contribution in [0.4, 0.5) is 5.69 Å². The first-order chi connectivity index (χ1) is 12.0. The van der Waals surface area contributed by atoms with E-state index in [-0.39, 0.29) is 10.8 Å². The molecule has 3 rings (SSSR count). The molecule has 1 amide bonds. The van der Waals surface area contributed by atoms with Gasteiger partial charge in [-0.15, -0.1) is 11.8 Å². The van der Waals surface area contributed by atoms with Crippen LogP contribution in [0.5, 0.6) is 0 Å². The zero-order chi connectivity index (χ0) is 17.9. The smallest absolute Gasteiger partial charge is 0.255 e. The van der Waals surface area contributed by atoms with Gasteiger partial charge in [-0.2, -0.15) is 4.31 Å². The molecule has 132 valence electrons. The van der Waals surface area contributed by atoms with Crippen molar-refractivity contribution in [3.05, 3.63) is 54.1 Å². The molecule has 1 heterocycles. The lowest BCUT2D eigenvalue weighted by atomic mass is 10.2. The van der Waals surface area contributed by atoms with Crippen molar-refractivity contribution in [2.24, 2.45) is 0 Å². The summed E-state index contributed by atoms with van der Waals surface area (Å²) in [7, 11) is -3.53. The summed E-state index contributed by atoms with van der Waals surface area (Å²) in [6.45, 7) is 1.08. The molecule has 0 saturated carbocycles. The largest absolute Gasteiger partial charge is 0.322 e. The first-order valence-corrected chi connectivity index (χ1v) is 10.7. The van der Waals surface area contributed by atoms with Crippen molar-refractivity contribution in [2.75, 3.05) is 24.7 Å². The van der Waals surface area contributed by atoms with Crippen LogP contribution in [-0.2, 0) is 10.0 Å². The lowest BCUT2D eigenvalue weighted by molar-refractivity contribution is 0.102. The minimum atomic E-state index is -3.53. The summed E-state index contributed by atoms with van der Waals surface area (Å²) in [6.07, 6.45) is 3.75. The van der Waals surface area contributed by atoms with Gasteiger partial charge in [0.2, 0.25) is 10.0 Å². The molecule has 0 radical (unpaired) electrons. The van der Waals surface area contributed by atoms with E-state index in [2.05, 4.69) is 5.32 Å². The number of thioether (sulfide) groups is 1. The molecule has 1 aliphatic rings. The summed E-state index contributed by atoms with van der Waals surface area (Å²) >= 11 is 1.63. The zero-order valence-electron chi connectivity index (χ0n) is 13.9. The Hall–Kier alpha value is -1.83. The number of sulfonamides is 1. The van der Waals surface area contributed by atoms with E-state index >= 15 is 0 Å². The fourth-order valence-corrected chi connectivity index (χ4v) is 4.72. The molecule has 1 aliphatic heterocycles. The number of nitrogens with zero attached hydrogens (tertiary/aromatic N) is 1. The fraction of sp³-hybridized carbons (Fsp3) is 0.278.